The molecule has 0 fully saturated rings. The van der Waals surface area contributed by atoms with Gasteiger partial charge >= 0.3 is 0 Å². The molecule has 18 nitrogen and oxygen atoms in total. The van der Waals surface area contributed by atoms with Gasteiger partial charge in [0.25, 0.3) is 0 Å². The van der Waals surface area contributed by atoms with Gasteiger partial charge in [-0.3, -0.25) is 0 Å². The lowest BCUT2D eigenvalue weighted by Crippen LogP contribution is -2.30. The van der Waals surface area contributed by atoms with Gasteiger partial charge in [0.15, 0.2) is 70.7 Å². The maximum atomic E-state index is 14.7. The summed E-state index contributed by atoms with van der Waals surface area (Å²) < 4.78 is 173. The summed E-state index contributed by atoms with van der Waals surface area (Å²) in [5.74, 6) is -5.05. The van der Waals surface area contributed by atoms with E-state index >= 15 is 0 Å². The second-order valence-electron chi connectivity index (χ2n) is 35.1. The van der Waals surface area contributed by atoms with Crippen LogP contribution in [0.3, 0.4) is 0 Å². The molecule has 696 valence electrons. The molecular formula is C113H91F9N12O6+6. The predicted octanol–water partition coefficient (Wildman–Crippen LogP) is 25.5. The molecule has 0 atom stereocenters. The van der Waals surface area contributed by atoms with Crippen LogP contribution in [0.5, 0.6) is 0 Å². The van der Waals surface area contributed by atoms with Gasteiger partial charge in [0, 0.05) is 122 Å². The van der Waals surface area contributed by atoms with Gasteiger partial charge in [-0.1, -0.05) is 42.5 Å². The molecule has 0 unspecified atom stereocenters. The van der Waals surface area contributed by atoms with E-state index in [1.807, 2.05) is 255 Å². The van der Waals surface area contributed by atoms with E-state index in [2.05, 4.69) is 83.2 Å². The van der Waals surface area contributed by atoms with Crippen LogP contribution in [-0.4, -0.2) is 29.9 Å². The lowest BCUT2D eigenvalue weighted by molar-refractivity contribution is -0.660. The Morgan fingerprint density at radius 1 is 0.207 bits per heavy atom. The fourth-order valence-corrected chi connectivity index (χ4v) is 18.7. The van der Waals surface area contributed by atoms with Crippen molar-refractivity contribution < 1.29 is 93.4 Å². The Kier molecular flexibility index (Phi) is 24.2. The molecule has 24 rings (SSSR count). The number of aromatic nitrogens is 12. The van der Waals surface area contributed by atoms with E-state index in [1.54, 1.807) is 38.1 Å². The fraction of sp³-hybridized carbons (Fsp3) is 0.150. The summed E-state index contributed by atoms with van der Waals surface area (Å²) in [7, 11) is 11.7. The zero-order valence-electron chi connectivity index (χ0n) is 79.3. The number of benzene rings is 6. The molecule has 0 radical (unpaired) electrons. The van der Waals surface area contributed by atoms with Gasteiger partial charge < -0.3 is 26.5 Å². The van der Waals surface area contributed by atoms with Crippen molar-refractivity contribution in [1.82, 2.24) is 29.9 Å². The van der Waals surface area contributed by atoms with Crippen LogP contribution < -0.4 is 27.4 Å². The molecule has 0 saturated carbocycles. The molecule has 0 N–H and O–H groups in total. The van der Waals surface area contributed by atoms with Crippen molar-refractivity contribution in [1.29, 1.82) is 0 Å². The Hall–Kier alpha value is -16.7. The number of pyridine rings is 12. The summed E-state index contributed by atoms with van der Waals surface area (Å²) in [4.78, 5) is 23.1. The minimum absolute atomic E-state index is 0.0176. The summed E-state index contributed by atoms with van der Waals surface area (Å²) in [6, 6.07) is 63.1. The molecule has 6 aromatic carbocycles. The Morgan fingerprint density at radius 3 is 0.914 bits per heavy atom. The lowest BCUT2D eigenvalue weighted by atomic mass is 9.97. The van der Waals surface area contributed by atoms with Crippen molar-refractivity contribution in [2.45, 2.75) is 76.2 Å². The van der Waals surface area contributed by atoms with Gasteiger partial charge in [-0.05, 0) is 212 Å². The number of hydrogen-bond donors (Lipinski definition) is 0. The number of rotatable bonds is 6. The summed E-state index contributed by atoms with van der Waals surface area (Å²) in [6.45, 7) is 20.4. The minimum Gasteiger partial charge on any atom is -0.437 e. The molecule has 24 aromatic rings. The highest BCUT2D eigenvalue weighted by molar-refractivity contribution is 6.15. The Labute approximate surface area is 795 Å². The third-order valence-electron chi connectivity index (χ3n) is 25.6. The highest BCUT2D eigenvalue weighted by Gasteiger charge is 2.32. The van der Waals surface area contributed by atoms with Crippen molar-refractivity contribution in [2.24, 2.45) is 42.3 Å². The van der Waals surface area contributed by atoms with Crippen LogP contribution in [-0.2, 0) is 42.3 Å². The average Bonchev–Trinajstić information content (AvgIpc) is 1.62. The van der Waals surface area contributed by atoms with E-state index in [0.717, 1.165) is 161 Å². The molecule has 18 heterocycles. The zero-order valence-corrected chi connectivity index (χ0v) is 79.3. The van der Waals surface area contributed by atoms with E-state index < -0.39 is 53.1 Å². The van der Waals surface area contributed by atoms with Crippen molar-refractivity contribution in [2.75, 3.05) is 0 Å². The molecule has 0 aliphatic carbocycles. The average molecular weight is 1880 g/mol. The van der Waals surface area contributed by atoms with Gasteiger partial charge in [-0.25, -0.2) is 40.6 Å². The normalized spacial score (nSPS) is 11.5. The first-order valence-corrected chi connectivity index (χ1v) is 44.9. The first-order chi connectivity index (χ1) is 67.2. The first-order valence-electron chi connectivity index (χ1n) is 44.9. The van der Waals surface area contributed by atoms with Crippen molar-refractivity contribution in [3.8, 4) is 67.5 Å². The van der Waals surface area contributed by atoms with Crippen LogP contribution in [0.2, 0.25) is 0 Å². The number of hydrogen-bond acceptors (Lipinski definition) is 12. The minimum atomic E-state index is -0.845. The Bertz CT molecular complexity index is 9040. The van der Waals surface area contributed by atoms with Gasteiger partial charge in [-0.15, -0.1) is 0 Å². The number of furan rings is 6. The van der Waals surface area contributed by atoms with E-state index in [0.29, 0.717) is 71.9 Å². The molecule has 27 heteroatoms. The largest absolute Gasteiger partial charge is 0.437 e. The Morgan fingerprint density at radius 2 is 0.500 bits per heavy atom. The molecule has 18 aromatic heterocycles. The van der Waals surface area contributed by atoms with E-state index in [1.165, 1.54) is 43.3 Å². The topological polar surface area (TPSA) is 179 Å². The van der Waals surface area contributed by atoms with Crippen LogP contribution in [0, 0.1) is 129 Å². The van der Waals surface area contributed by atoms with Crippen molar-refractivity contribution in [3.05, 3.63) is 358 Å². The summed E-state index contributed by atoms with van der Waals surface area (Å²) in [6.07, 6.45) is 11.7. The third-order valence-corrected chi connectivity index (χ3v) is 25.6. The van der Waals surface area contributed by atoms with Gasteiger partial charge in [0.05, 0.1) is 65.7 Å². The standard InChI is InChI=1S/2C19H15F2N2O.3C19H16FN2O.C18H13F2N2O/c1-10-7-8-12-15-16(20)11(2)18(21)22-19(15)24-17(12)14(10)13-6-4-5-9-23(13)3;1-10-9-13(20)16-12-8-11(2)18(21)22-19(12)24-17(16)15(10)14-6-4-5-7-23(14)3;1-11-10-12(2)17(14-6-4-5-9-22(14)3)18-16(11)13-7-8-15(20)21-19(13)23-18;1-11-7-8-13-14-10-12(2)18(20)21-19(14)23-17(13)16(11)15-6-4-5-9-22(15)3;1-11-7-8-13-16-12(2)10-15(20)21-19(16)23-18(13)17(11)14-6-4-5-9-22(14)3;1-10-9-12(19)16-11-6-7-14(20)21-18(11)23-17(16)15(10)13-5-3-4-8-22(13)2/h2*4-9H,1-3H3;3*4-10H,1-3H3;3-9H,1-2H3/q6*+1. The molecule has 140 heavy (non-hydrogen) atoms. The third kappa shape index (κ3) is 16.5. The summed E-state index contributed by atoms with van der Waals surface area (Å²) in [5, 5.41) is 7.94. The van der Waals surface area contributed by atoms with Gasteiger partial charge in [-0.2, -0.15) is 56.2 Å². The molecule has 0 aliphatic rings. The molecule has 0 saturated heterocycles. The van der Waals surface area contributed by atoms with Crippen LogP contribution in [0.4, 0.5) is 39.5 Å². The van der Waals surface area contributed by atoms with Crippen molar-refractivity contribution >= 4 is 132 Å². The van der Waals surface area contributed by atoms with Crippen LogP contribution in [0.1, 0.15) is 61.2 Å². The van der Waals surface area contributed by atoms with Gasteiger partial charge in [0.1, 0.15) is 59.7 Å². The quantitative estimate of drug-likeness (QED) is 0.0875. The van der Waals surface area contributed by atoms with Crippen LogP contribution in [0.25, 0.3) is 200 Å². The maximum Gasteiger partial charge on any atom is 0.232 e. The number of aryl methyl sites for hydroxylation is 16. The number of halogens is 9. The number of fused-ring (bicyclic) bond motifs is 18. The summed E-state index contributed by atoms with van der Waals surface area (Å²) >= 11 is 0. The SMILES string of the molecule is Cc1cc(C)c2c(oc3nc(F)ccc32)c1-c1cccc[n+]1C.Cc1cc(F)c2c(oc3nc(F)ccc32)c1-c1cccc[n+]1C.Cc1cc2c(nc1F)oc1c(-c3cccc[n+]3C)c(C)cc(F)c12.Cc1cc2c(nc1F)oc1c(-c3cccc[n+]3C)c(C)ccc12.Cc1ccc2c(oc3nc(F)c(C)c(F)c32)c1-c1cccc[n+]1C.Cc1ccc2c(oc3nc(F)cc(C)c32)c1-c1cccc[n+]1C. The second kappa shape index (κ2) is 36.7. The Balaban J connectivity index is 0.000000107. The molecule has 0 amide bonds. The molecular weight excluding hydrogens is 1790 g/mol. The van der Waals surface area contributed by atoms with E-state index in [9.17, 15) is 39.5 Å². The molecule has 0 bridgehead atoms. The molecule has 0 spiro atoms. The summed E-state index contributed by atoms with van der Waals surface area (Å²) in [5.41, 5.74) is 24.6. The van der Waals surface area contributed by atoms with E-state index in [4.69, 9.17) is 26.5 Å². The smallest absolute Gasteiger partial charge is 0.232 e. The van der Waals surface area contributed by atoms with Crippen LogP contribution in [0.15, 0.2) is 270 Å². The zero-order chi connectivity index (χ0) is 98.6. The predicted molar refractivity (Wildman–Crippen MR) is 520 cm³/mol. The van der Waals surface area contributed by atoms with E-state index in [-0.39, 0.29) is 28.1 Å². The highest BCUT2D eigenvalue weighted by atomic mass is 19.2. The maximum absolute atomic E-state index is 14.7. The lowest BCUT2D eigenvalue weighted by Gasteiger charge is -2.07. The number of nitrogens with zero attached hydrogens (tertiary/aromatic N) is 12. The van der Waals surface area contributed by atoms with Crippen LogP contribution >= 0.6 is 0 Å². The second-order valence-corrected chi connectivity index (χ2v) is 35.1. The fourth-order valence-electron chi connectivity index (χ4n) is 18.7. The monoisotopic (exact) mass is 1880 g/mol. The molecule has 0 aliphatic heterocycles. The van der Waals surface area contributed by atoms with Gasteiger partial charge in [0.2, 0.25) is 104 Å². The first kappa shape index (κ1) is 92.4. The highest BCUT2D eigenvalue weighted by Crippen LogP contribution is 2.46. The van der Waals surface area contributed by atoms with Crippen molar-refractivity contribution in [3.63, 3.8) is 0 Å².